The molecule has 2 saturated heterocycles. The van der Waals surface area contributed by atoms with E-state index in [9.17, 15) is 8.78 Å². The molecule has 0 spiro atoms. The largest absolute Gasteiger partial charge is 0.433 e. The van der Waals surface area contributed by atoms with E-state index in [4.69, 9.17) is 4.74 Å². The average molecular weight is 565 g/mol. The number of benzene rings is 1. The Morgan fingerprint density at radius 1 is 1.19 bits per heavy atom. The normalized spacial score (nSPS) is 22.2. The van der Waals surface area contributed by atoms with Crippen LogP contribution >= 0.6 is 24.0 Å². The minimum absolute atomic E-state index is 0. The molecule has 0 aromatic heterocycles. The molecule has 9 heteroatoms. The SMILES string of the molecule is CN=C(NCC1CCCN(CC(C)C)C1)NC1CCN(c2ccccc2OC(F)F)C1.I. The van der Waals surface area contributed by atoms with Gasteiger partial charge in [0.25, 0.3) is 0 Å². The Kier molecular flexibility index (Phi) is 11.2. The number of aliphatic imine (C=N–C) groups is 1. The number of halogens is 3. The highest BCUT2D eigenvalue weighted by Crippen LogP contribution is 2.31. The van der Waals surface area contributed by atoms with E-state index < -0.39 is 6.61 Å². The van der Waals surface area contributed by atoms with Crippen molar-refractivity contribution in [2.45, 2.75) is 45.8 Å². The molecule has 0 bridgehead atoms. The molecule has 1 aromatic carbocycles. The lowest BCUT2D eigenvalue weighted by molar-refractivity contribution is -0.0495. The first-order chi connectivity index (χ1) is 14.9. The highest BCUT2D eigenvalue weighted by molar-refractivity contribution is 14.0. The number of alkyl halides is 2. The Morgan fingerprint density at radius 2 is 1.97 bits per heavy atom. The van der Waals surface area contributed by atoms with Crippen LogP contribution in [0.1, 0.15) is 33.1 Å². The predicted octanol–water partition coefficient (Wildman–Crippen LogP) is 4.02. The van der Waals surface area contributed by atoms with Crippen LogP contribution in [0.3, 0.4) is 0 Å². The summed E-state index contributed by atoms with van der Waals surface area (Å²) in [6.07, 6.45) is 3.41. The third kappa shape index (κ3) is 8.20. The van der Waals surface area contributed by atoms with Gasteiger partial charge in [-0.25, -0.2) is 0 Å². The molecule has 2 atom stereocenters. The van der Waals surface area contributed by atoms with E-state index in [2.05, 4.69) is 39.3 Å². The summed E-state index contributed by atoms with van der Waals surface area (Å²) in [5.41, 5.74) is 0.711. The standard InChI is InChI=1S/C23H37F2N5O.HI/c1-17(2)14-29-11-6-7-18(15-29)13-27-23(26-3)28-19-10-12-30(16-19)20-8-4-5-9-21(20)31-22(24)25;/h4-5,8-9,17-19,22H,6-7,10-16H2,1-3H3,(H2,26,27,28);1H. The molecule has 3 rings (SSSR count). The lowest BCUT2D eigenvalue weighted by Crippen LogP contribution is -2.48. The second-order valence-electron chi connectivity index (χ2n) is 9.04. The van der Waals surface area contributed by atoms with Crippen molar-refractivity contribution in [1.82, 2.24) is 15.5 Å². The molecule has 2 aliphatic heterocycles. The Bertz CT molecular complexity index is 721. The summed E-state index contributed by atoms with van der Waals surface area (Å²) in [5, 5.41) is 7.01. The van der Waals surface area contributed by atoms with Crippen LogP contribution in [0.5, 0.6) is 5.75 Å². The molecular formula is C23H38F2IN5O. The summed E-state index contributed by atoms with van der Waals surface area (Å²) in [5.74, 6) is 2.36. The number of piperidine rings is 1. The zero-order chi connectivity index (χ0) is 22.2. The van der Waals surface area contributed by atoms with Crippen molar-refractivity contribution < 1.29 is 13.5 Å². The van der Waals surface area contributed by atoms with E-state index in [0.29, 0.717) is 17.5 Å². The molecule has 0 saturated carbocycles. The molecule has 2 heterocycles. The van der Waals surface area contributed by atoms with E-state index in [-0.39, 0.29) is 35.8 Å². The Hall–Kier alpha value is -1.36. The summed E-state index contributed by atoms with van der Waals surface area (Å²) in [7, 11) is 1.79. The van der Waals surface area contributed by atoms with E-state index in [1.54, 1.807) is 19.2 Å². The number of rotatable bonds is 8. The maximum absolute atomic E-state index is 12.7. The minimum atomic E-state index is -2.82. The van der Waals surface area contributed by atoms with Crippen LogP contribution in [0.15, 0.2) is 29.3 Å². The first kappa shape index (κ1) is 26.9. The maximum Gasteiger partial charge on any atom is 0.387 e. The summed E-state index contributed by atoms with van der Waals surface area (Å²) in [6.45, 7) is 7.65. The van der Waals surface area contributed by atoms with Crippen molar-refractivity contribution in [3.8, 4) is 5.75 Å². The van der Waals surface area contributed by atoms with Crippen molar-refractivity contribution in [2.75, 3.05) is 51.2 Å². The zero-order valence-electron chi connectivity index (χ0n) is 19.4. The predicted molar refractivity (Wildman–Crippen MR) is 138 cm³/mol. The summed E-state index contributed by atoms with van der Waals surface area (Å²) in [6, 6.07) is 7.19. The summed E-state index contributed by atoms with van der Waals surface area (Å²) in [4.78, 5) is 9.06. The van der Waals surface area contributed by atoms with E-state index >= 15 is 0 Å². The van der Waals surface area contributed by atoms with Crippen LogP contribution in [0.25, 0.3) is 0 Å². The Balaban J connectivity index is 0.00000363. The number of nitrogens with zero attached hydrogens (tertiary/aromatic N) is 3. The van der Waals surface area contributed by atoms with E-state index in [1.165, 1.54) is 19.4 Å². The van der Waals surface area contributed by atoms with Crippen molar-refractivity contribution in [1.29, 1.82) is 0 Å². The molecule has 2 unspecified atom stereocenters. The number of guanidine groups is 1. The fraction of sp³-hybridized carbons (Fsp3) is 0.696. The van der Waals surface area contributed by atoms with Gasteiger partial charge in [0.05, 0.1) is 5.69 Å². The second-order valence-corrected chi connectivity index (χ2v) is 9.04. The average Bonchev–Trinajstić information content (AvgIpc) is 3.19. The Morgan fingerprint density at radius 3 is 2.69 bits per heavy atom. The number of ether oxygens (including phenoxy) is 1. The highest BCUT2D eigenvalue weighted by atomic mass is 127. The van der Waals surface area contributed by atoms with Crippen LogP contribution in [0, 0.1) is 11.8 Å². The summed E-state index contributed by atoms with van der Waals surface area (Å²) >= 11 is 0. The van der Waals surface area contributed by atoms with Gasteiger partial charge in [0, 0.05) is 45.8 Å². The fourth-order valence-corrected chi connectivity index (χ4v) is 4.64. The quantitative estimate of drug-likeness (QED) is 0.284. The van der Waals surface area contributed by atoms with Gasteiger partial charge < -0.3 is 25.2 Å². The van der Waals surface area contributed by atoms with Crippen LogP contribution in [0.4, 0.5) is 14.5 Å². The van der Waals surface area contributed by atoms with Crippen LogP contribution in [0.2, 0.25) is 0 Å². The van der Waals surface area contributed by atoms with Gasteiger partial charge >= 0.3 is 6.61 Å². The van der Waals surface area contributed by atoms with Crippen LogP contribution in [-0.2, 0) is 0 Å². The molecular weight excluding hydrogens is 527 g/mol. The first-order valence-electron chi connectivity index (χ1n) is 11.4. The van der Waals surface area contributed by atoms with E-state index in [0.717, 1.165) is 45.1 Å². The van der Waals surface area contributed by atoms with Crippen molar-refractivity contribution in [3.63, 3.8) is 0 Å². The Labute approximate surface area is 208 Å². The van der Waals surface area contributed by atoms with E-state index in [1.807, 2.05) is 12.1 Å². The molecule has 0 radical (unpaired) electrons. The molecule has 6 nitrogen and oxygen atoms in total. The molecule has 0 amide bonds. The first-order valence-corrected chi connectivity index (χ1v) is 11.4. The number of hydrogen-bond acceptors (Lipinski definition) is 4. The highest BCUT2D eigenvalue weighted by Gasteiger charge is 2.26. The van der Waals surface area contributed by atoms with Crippen LogP contribution in [-0.4, -0.2) is 69.8 Å². The van der Waals surface area contributed by atoms with Crippen molar-refractivity contribution >= 4 is 35.6 Å². The maximum atomic E-state index is 12.7. The number of likely N-dealkylation sites (tertiary alicyclic amines) is 1. The molecule has 2 N–H and O–H groups in total. The third-order valence-corrected chi connectivity index (χ3v) is 5.96. The van der Waals surface area contributed by atoms with Gasteiger partial charge in [-0.2, -0.15) is 8.78 Å². The number of nitrogens with one attached hydrogen (secondary N) is 2. The van der Waals surface area contributed by atoms with Gasteiger partial charge in [-0.05, 0) is 49.8 Å². The molecule has 2 fully saturated rings. The third-order valence-electron chi connectivity index (χ3n) is 5.96. The lowest BCUT2D eigenvalue weighted by Gasteiger charge is -2.34. The van der Waals surface area contributed by atoms with Gasteiger partial charge in [-0.15, -0.1) is 24.0 Å². The van der Waals surface area contributed by atoms with Crippen LogP contribution < -0.4 is 20.3 Å². The molecule has 32 heavy (non-hydrogen) atoms. The molecule has 0 aliphatic carbocycles. The summed E-state index contributed by atoms with van der Waals surface area (Å²) < 4.78 is 30.2. The van der Waals surface area contributed by atoms with Gasteiger partial charge in [0.2, 0.25) is 0 Å². The van der Waals surface area contributed by atoms with Gasteiger partial charge in [-0.3, -0.25) is 4.99 Å². The smallest absolute Gasteiger partial charge is 0.387 e. The fourth-order valence-electron chi connectivity index (χ4n) is 4.64. The van der Waals surface area contributed by atoms with Gasteiger partial charge in [0.15, 0.2) is 5.96 Å². The minimum Gasteiger partial charge on any atom is -0.433 e. The molecule has 182 valence electrons. The number of anilines is 1. The zero-order valence-corrected chi connectivity index (χ0v) is 21.7. The number of hydrogen-bond donors (Lipinski definition) is 2. The second kappa shape index (κ2) is 13.4. The van der Waals surface area contributed by atoms with Crippen molar-refractivity contribution in [2.24, 2.45) is 16.8 Å². The monoisotopic (exact) mass is 565 g/mol. The van der Waals surface area contributed by atoms with Gasteiger partial charge in [-0.1, -0.05) is 26.0 Å². The van der Waals surface area contributed by atoms with Crippen molar-refractivity contribution in [3.05, 3.63) is 24.3 Å². The topological polar surface area (TPSA) is 52.1 Å². The lowest BCUT2D eigenvalue weighted by atomic mass is 9.97. The number of para-hydroxylation sites is 2. The van der Waals surface area contributed by atoms with Gasteiger partial charge in [0.1, 0.15) is 5.75 Å². The molecule has 1 aromatic rings. The molecule has 2 aliphatic rings.